The molecule has 0 saturated heterocycles. The highest BCUT2D eigenvalue weighted by Crippen LogP contribution is 2.23. The zero-order chi connectivity index (χ0) is 18.0. The maximum atomic E-state index is 12.3. The maximum absolute atomic E-state index is 12.3. The number of β-amino-alcohol motifs (C(OH)–C–C–N with tert-alkyl or cyclic N) is 1. The summed E-state index contributed by atoms with van der Waals surface area (Å²) in [7, 11) is 0. The van der Waals surface area contributed by atoms with E-state index in [0.717, 1.165) is 10.5 Å². The number of nitrogens with zero attached hydrogens (tertiary/aromatic N) is 1. The fraction of sp³-hybridized carbons (Fsp3) is 0.263. The molecule has 25 heavy (non-hydrogen) atoms. The number of carbonyl (C=O) groups excluding carboxylic acids is 2. The van der Waals surface area contributed by atoms with E-state index in [0.29, 0.717) is 16.1 Å². The molecule has 6 heteroatoms. The van der Waals surface area contributed by atoms with Gasteiger partial charge in [0.05, 0.1) is 36.5 Å². The summed E-state index contributed by atoms with van der Waals surface area (Å²) in [6.45, 7) is 1.77. The number of aliphatic hydroxyl groups is 1. The van der Waals surface area contributed by atoms with Crippen LogP contribution in [0.1, 0.15) is 39.3 Å². The van der Waals surface area contributed by atoms with Crippen molar-refractivity contribution in [3.05, 3.63) is 70.2 Å². The van der Waals surface area contributed by atoms with Crippen LogP contribution in [0.5, 0.6) is 0 Å². The number of imide groups is 1. The predicted octanol–water partition coefficient (Wildman–Crippen LogP) is 3.07. The lowest BCUT2D eigenvalue weighted by Crippen LogP contribution is -2.38. The number of hydrogen-bond acceptors (Lipinski definition) is 4. The number of ether oxygens (including phenoxy) is 1. The minimum absolute atomic E-state index is 0.0111. The molecule has 0 spiro atoms. The minimum Gasteiger partial charge on any atom is -0.389 e. The Hall–Kier alpha value is -2.21. The van der Waals surface area contributed by atoms with Gasteiger partial charge in [0.25, 0.3) is 11.8 Å². The van der Waals surface area contributed by atoms with Gasteiger partial charge in [-0.05, 0) is 36.8 Å². The van der Waals surface area contributed by atoms with Crippen LogP contribution in [0.15, 0.2) is 48.5 Å². The van der Waals surface area contributed by atoms with Gasteiger partial charge in [0.15, 0.2) is 0 Å². The van der Waals surface area contributed by atoms with Gasteiger partial charge in [-0.3, -0.25) is 14.5 Å². The average Bonchev–Trinajstić information content (AvgIpc) is 2.86. The Labute approximate surface area is 150 Å². The first-order valence-electron chi connectivity index (χ1n) is 7.97. The number of fused-ring (bicyclic) bond motifs is 1. The topological polar surface area (TPSA) is 66.8 Å². The Kier molecular flexibility index (Phi) is 5.18. The molecule has 0 radical (unpaired) electrons. The molecule has 1 heterocycles. The summed E-state index contributed by atoms with van der Waals surface area (Å²) in [4.78, 5) is 25.6. The van der Waals surface area contributed by atoms with E-state index in [-0.39, 0.29) is 31.1 Å². The Morgan fingerprint density at radius 1 is 1.04 bits per heavy atom. The number of aliphatic hydroxyl groups excluding tert-OH is 1. The van der Waals surface area contributed by atoms with Crippen molar-refractivity contribution in [3.8, 4) is 0 Å². The largest absolute Gasteiger partial charge is 0.389 e. The van der Waals surface area contributed by atoms with Crippen molar-refractivity contribution in [2.45, 2.75) is 19.1 Å². The summed E-state index contributed by atoms with van der Waals surface area (Å²) in [6.07, 6.45) is -1.20. The highest BCUT2D eigenvalue weighted by Gasteiger charge is 2.36. The van der Waals surface area contributed by atoms with E-state index in [2.05, 4.69) is 0 Å². The second-order valence-corrected chi connectivity index (χ2v) is 6.38. The van der Waals surface area contributed by atoms with Crippen molar-refractivity contribution in [2.24, 2.45) is 0 Å². The molecule has 1 aliphatic rings. The Morgan fingerprint density at radius 2 is 1.60 bits per heavy atom. The van der Waals surface area contributed by atoms with Crippen LogP contribution in [0.2, 0.25) is 5.02 Å². The molecule has 0 unspecified atom stereocenters. The Balaban J connectivity index is 1.56. The highest BCUT2D eigenvalue weighted by molar-refractivity contribution is 6.30. The van der Waals surface area contributed by atoms with Crippen LogP contribution >= 0.6 is 11.6 Å². The van der Waals surface area contributed by atoms with Crippen LogP contribution in [-0.4, -0.2) is 41.1 Å². The van der Waals surface area contributed by atoms with Gasteiger partial charge in [-0.2, -0.15) is 0 Å². The summed E-state index contributed by atoms with van der Waals surface area (Å²) >= 11 is 5.85. The SMILES string of the molecule is C[C@@H](OC[C@@H](O)CN1C(=O)c2ccccc2C1=O)c1ccc(Cl)cc1. The van der Waals surface area contributed by atoms with Crippen molar-refractivity contribution >= 4 is 23.4 Å². The second-order valence-electron chi connectivity index (χ2n) is 5.95. The molecule has 2 atom stereocenters. The molecule has 2 amide bonds. The average molecular weight is 360 g/mol. The zero-order valence-corrected chi connectivity index (χ0v) is 14.4. The molecule has 2 aromatic rings. The van der Waals surface area contributed by atoms with Gasteiger partial charge >= 0.3 is 0 Å². The molecule has 0 bridgehead atoms. The van der Waals surface area contributed by atoms with Gasteiger partial charge in [0.1, 0.15) is 0 Å². The molecule has 0 aliphatic carbocycles. The lowest BCUT2D eigenvalue weighted by Gasteiger charge is -2.20. The fourth-order valence-electron chi connectivity index (χ4n) is 2.75. The van der Waals surface area contributed by atoms with E-state index >= 15 is 0 Å². The van der Waals surface area contributed by atoms with E-state index < -0.39 is 6.10 Å². The molecule has 1 aliphatic heterocycles. The van der Waals surface area contributed by atoms with Crippen molar-refractivity contribution in [2.75, 3.05) is 13.2 Å². The third-order valence-corrected chi connectivity index (χ3v) is 4.40. The van der Waals surface area contributed by atoms with E-state index in [1.807, 2.05) is 19.1 Å². The van der Waals surface area contributed by atoms with Crippen molar-refractivity contribution in [3.63, 3.8) is 0 Å². The third kappa shape index (κ3) is 3.74. The first kappa shape index (κ1) is 17.6. The molecular formula is C19H18ClNO4. The number of amides is 2. The quantitative estimate of drug-likeness (QED) is 0.805. The molecule has 1 N–H and O–H groups in total. The maximum Gasteiger partial charge on any atom is 0.261 e. The van der Waals surface area contributed by atoms with Crippen molar-refractivity contribution in [1.29, 1.82) is 0 Å². The van der Waals surface area contributed by atoms with Crippen molar-refractivity contribution < 1.29 is 19.4 Å². The van der Waals surface area contributed by atoms with Gasteiger partial charge in [-0.25, -0.2) is 0 Å². The van der Waals surface area contributed by atoms with Crippen LogP contribution in [0.25, 0.3) is 0 Å². The van der Waals surface area contributed by atoms with Crippen LogP contribution in [0.4, 0.5) is 0 Å². The van der Waals surface area contributed by atoms with Gasteiger partial charge in [-0.15, -0.1) is 0 Å². The minimum atomic E-state index is -0.961. The van der Waals surface area contributed by atoms with Crippen molar-refractivity contribution in [1.82, 2.24) is 4.90 Å². The first-order valence-corrected chi connectivity index (χ1v) is 8.35. The number of benzene rings is 2. The summed E-state index contributed by atoms with van der Waals surface area (Å²) in [5.74, 6) is -0.768. The predicted molar refractivity (Wildman–Crippen MR) is 93.6 cm³/mol. The molecule has 0 fully saturated rings. The van der Waals surface area contributed by atoms with Gasteiger partial charge < -0.3 is 9.84 Å². The highest BCUT2D eigenvalue weighted by atomic mass is 35.5. The Morgan fingerprint density at radius 3 is 2.16 bits per heavy atom. The third-order valence-electron chi connectivity index (χ3n) is 4.15. The monoisotopic (exact) mass is 359 g/mol. The summed E-state index contributed by atoms with van der Waals surface area (Å²) < 4.78 is 5.65. The van der Waals surface area contributed by atoms with E-state index in [4.69, 9.17) is 16.3 Å². The normalized spacial score (nSPS) is 16.0. The van der Waals surface area contributed by atoms with E-state index in [1.165, 1.54) is 0 Å². The molecule has 130 valence electrons. The number of halogens is 1. The smallest absolute Gasteiger partial charge is 0.261 e. The lowest BCUT2D eigenvalue weighted by atomic mass is 10.1. The molecule has 0 aromatic heterocycles. The van der Waals surface area contributed by atoms with E-state index in [1.54, 1.807) is 36.4 Å². The molecule has 5 nitrogen and oxygen atoms in total. The van der Waals surface area contributed by atoms with Crippen LogP contribution in [0.3, 0.4) is 0 Å². The molecular weight excluding hydrogens is 342 g/mol. The fourth-order valence-corrected chi connectivity index (χ4v) is 2.88. The summed E-state index contributed by atoms with van der Waals surface area (Å²) in [6, 6.07) is 13.9. The Bertz CT molecular complexity index is 755. The molecule has 2 aromatic carbocycles. The van der Waals surface area contributed by atoms with Gasteiger partial charge in [0, 0.05) is 5.02 Å². The number of rotatable bonds is 6. The lowest BCUT2D eigenvalue weighted by molar-refractivity contribution is -0.0117. The first-order chi connectivity index (χ1) is 12.0. The standard InChI is InChI=1S/C19H18ClNO4/c1-12(13-6-8-14(20)9-7-13)25-11-15(22)10-21-18(23)16-4-2-3-5-17(16)19(21)24/h2-9,12,15,22H,10-11H2,1H3/t12-,15+/m1/s1. The van der Waals surface area contributed by atoms with Crippen LogP contribution in [-0.2, 0) is 4.74 Å². The van der Waals surface area contributed by atoms with Gasteiger partial charge in [-0.1, -0.05) is 35.9 Å². The summed E-state index contributed by atoms with van der Waals surface area (Å²) in [5.41, 5.74) is 1.67. The summed E-state index contributed by atoms with van der Waals surface area (Å²) in [5, 5.41) is 10.8. The number of carbonyl (C=O) groups is 2. The van der Waals surface area contributed by atoms with Crippen LogP contribution in [0, 0.1) is 0 Å². The number of hydrogen-bond donors (Lipinski definition) is 1. The van der Waals surface area contributed by atoms with Gasteiger partial charge in [0.2, 0.25) is 0 Å². The van der Waals surface area contributed by atoms with Crippen LogP contribution < -0.4 is 0 Å². The second kappa shape index (κ2) is 7.35. The molecule has 3 rings (SSSR count). The zero-order valence-electron chi connectivity index (χ0n) is 13.7. The van der Waals surface area contributed by atoms with E-state index in [9.17, 15) is 14.7 Å². The molecule has 0 saturated carbocycles.